The molecule has 9 rings (SSSR count). The van der Waals surface area contributed by atoms with Crippen LogP contribution in [0.15, 0.2) is 60.9 Å². The van der Waals surface area contributed by atoms with Gasteiger partial charge in [-0.25, -0.2) is 24.5 Å². The van der Waals surface area contributed by atoms with Crippen LogP contribution in [0.25, 0.3) is 0 Å². The van der Waals surface area contributed by atoms with Gasteiger partial charge in [0.2, 0.25) is 23.6 Å². The molecule has 17 nitrogen and oxygen atoms in total. The highest BCUT2D eigenvalue weighted by Gasteiger charge is 2.36. The molecule has 2 aromatic carbocycles. The number of amides is 5. The summed E-state index contributed by atoms with van der Waals surface area (Å²) in [5.74, 6) is 0.775. The summed E-state index contributed by atoms with van der Waals surface area (Å²) in [6.45, 7) is 14.8. The topological polar surface area (TPSA) is 169 Å². The highest BCUT2D eigenvalue weighted by atomic mass is 16.6. The number of ether oxygens (including phenoxy) is 2. The minimum absolute atomic E-state index is 0.113. The van der Waals surface area contributed by atoms with Crippen molar-refractivity contribution in [3.8, 4) is 5.88 Å². The molecule has 62 heavy (non-hydrogen) atoms. The van der Waals surface area contributed by atoms with Crippen molar-refractivity contribution >= 4 is 58.3 Å². The zero-order valence-electron chi connectivity index (χ0n) is 35.7. The molecule has 0 spiro atoms. The van der Waals surface area contributed by atoms with Crippen LogP contribution >= 0.6 is 0 Å². The number of aromatic nitrogens is 3. The predicted octanol–water partition coefficient (Wildman–Crippen LogP) is 4.64. The Morgan fingerprint density at radius 1 is 0.903 bits per heavy atom. The van der Waals surface area contributed by atoms with E-state index >= 15 is 0 Å². The first-order valence-corrected chi connectivity index (χ1v) is 21.4. The number of anilines is 6. The van der Waals surface area contributed by atoms with Gasteiger partial charge >= 0.3 is 12.1 Å². The molecular weight excluding hydrogens is 791 g/mol. The van der Waals surface area contributed by atoms with E-state index in [1.54, 1.807) is 9.80 Å². The van der Waals surface area contributed by atoms with Gasteiger partial charge < -0.3 is 29.5 Å². The molecule has 5 aliphatic heterocycles. The fourth-order valence-electron chi connectivity index (χ4n) is 8.78. The Kier molecular flexibility index (Phi) is 11.1. The number of rotatable bonds is 8. The second-order valence-electron chi connectivity index (χ2n) is 17.5. The number of hydrogen-bond donors (Lipinski definition) is 2. The van der Waals surface area contributed by atoms with E-state index in [1.807, 2.05) is 93.5 Å². The Morgan fingerprint density at radius 2 is 1.68 bits per heavy atom. The lowest BCUT2D eigenvalue weighted by molar-refractivity contribution is -0.132. The molecule has 0 radical (unpaired) electrons. The molecule has 0 bridgehead atoms. The molecule has 2 N–H and O–H groups in total. The standard InChI is InChI=1S/C45H53N11O6/c1-29-37(25-46-41-40(29)56(20-21-61-41)44(60)62-45(2,3)4)53-14-12-31-24-47-42(49-36(31)28-53)48-32-7-5-6-30(22-32)23-39(58)52-18-16-51(17-19-52)35-26-54(27-35)33-8-10-34(11-9-33)55-15-13-38(57)50-43(55)59/h5-11,22,24-25,35H,12-21,23,26-28H2,1-4H3,(H,47,48,49)(H,50,57,59). The van der Waals surface area contributed by atoms with Crippen LogP contribution in [0.1, 0.15) is 49.6 Å². The number of piperazine rings is 1. The highest BCUT2D eigenvalue weighted by molar-refractivity contribution is 6.05. The first-order valence-electron chi connectivity index (χ1n) is 21.4. The van der Waals surface area contributed by atoms with Gasteiger partial charge in [0.15, 0.2) is 0 Å². The number of fused-ring (bicyclic) bond motifs is 2. The third kappa shape index (κ3) is 8.66. The van der Waals surface area contributed by atoms with Gasteiger partial charge in [0.25, 0.3) is 0 Å². The maximum absolute atomic E-state index is 13.5. The lowest BCUT2D eigenvalue weighted by atomic mass is 10.0. The van der Waals surface area contributed by atoms with E-state index in [0.29, 0.717) is 75.7 Å². The monoisotopic (exact) mass is 843 g/mol. The van der Waals surface area contributed by atoms with E-state index in [4.69, 9.17) is 14.5 Å². The number of hydrogen-bond acceptors (Lipinski definition) is 13. The smallest absolute Gasteiger partial charge is 0.415 e. The average molecular weight is 844 g/mol. The van der Waals surface area contributed by atoms with E-state index in [2.05, 4.69) is 35.3 Å². The normalized spacial score (nSPS) is 18.4. The maximum Gasteiger partial charge on any atom is 0.415 e. The summed E-state index contributed by atoms with van der Waals surface area (Å²) in [7, 11) is 0. The molecule has 324 valence electrons. The second-order valence-corrected chi connectivity index (χ2v) is 17.5. The third-order valence-corrected chi connectivity index (χ3v) is 12.1. The number of nitrogens with zero attached hydrogens (tertiary/aromatic N) is 9. The molecule has 0 aliphatic carbocycles. The average Bonchev–Trinajstić information content (AvgIpc) is 3.23. The lowest BCUT2D eigenvalue weighted by Gasteiger charge is -2.49. The molecule has 3 saturated heterocycles. The number of imide groups is 1. The van der Waals surface area contributed by atoms with Crippen LogP contribution in [0.2, 0.25) is 0 Å². The minimum Gasteiger partial charge on any atom is -0.474 e. The van der Waals surface area contributed by atoms with Gasteiger partial charge in [-0.3, -0.25) is 29.6 Å². The highest BCUT2D eigenvalue weighted by Crippen LogP contribution is 2.40. The molecule has 0 saturated carbocycles. The van der Waals surface area contributed by atoms with Crippen LogP contribution in [-0.2, 0) is 33.7 Å². The first-order chi connectivity index (χ1) is 29.8. The van der Waals surface area contributed by atoms with Crippen LogP contribution in [0.3, 0.4) is 0 Å². The Bertz CT molecular complexity index is 2370. The van der Waals surface area contributed by atoms with E-state index in [0.717, 1.165) is 84.3 Å². The van der Waals surface area contributed by atoms with Gasteiger partial charge in [-0.2, -0.15) is 0 Å². The minimum atomic E-state index is -0.631. The lowest BCUT2D eigenvalue weighted by Crippen LogP contribution is -2.63. The quantitative estimate of drug-likeness (QED) is 0.252. The molecule has 4 aromatic rings. The van der Waals surface area contributed by atoms with Crippen LogP contribution in [0.4, 0.5) is 44.0 Å². The summed E-state index contributed by atoms with van der Waals surface area (Å²) in [4.78, 5) is 76.8. The Balaban J connectivity index is 0.766. The van der Waals surface area contributed by atoms with E-state index in [-0.39, 0.29) is 17.8 Å². The van der Waals surface area contributed by atoms with Crippen molar-refractivity contribution < 1.29 is 28.7 Å². The summed E-state index contributed by atoms with van der Waals surface area (Å²) in [6, 6.07) is 15.8. The largest absolute Gasteiger partial charge is 0.474 e. The molecule has 17 heteroatoms. The third-order valence-electron chi connectivity index (χ3n) is 12.1. The molecule has 5 amide bonds. The van der Waals surface area contributed by atoms with Crippen molar-refractivity contribution in [1.29, 1.82) is 0 Å². The van der Waals surface area contributed by atoms with Gasteiger partial charge in [0.05, 0.1) is 37.1 Å². The zero-order valence-corrected chi connectivity index (χ0v) is 35.7. The van der Waals surface area contributed by atoms with Crippen LogP contribution < -0.4 is 35.0 Å². The molecule has 3 fully saturated rings. The fourth-order valence-corrected chi connectivity index (χ4v) is 8.78. The van der Waals surface area contributed by atoms with Crippen molar-refractivity contribution in [1.82, 2.24) is 30.1 Å². The van der Waals surface area contributed by atoms with Crippen molar-refractivity contribution in [3.63, 3.8) is 0 Å². The van der Waals surface area contributed by atoms with Crippen molar-refractivity contribution in [3.05, 3.63) is 83.3 Å². The molecule has 5 aliphatic rings. The summed E-state index contributed by atoms with van der Waals surface area (Å²) < 4.78 is 11.6. The molecule has 0 atom stereocenters. The van der Waals surface area contributed by atoms with Gasteiger partial charge in [-0.1, -0.05) is 12.1 Å². The molecule has 0 unspecified atom stereocenters. The van der Waals surface area contributed by atoms with Gasteiger partial charge in [-0.15, -0.1) is 0 Å². The number of benzene rings is 2. The summed E-state index contributed by atoms with van der Waals surface area (Å²) >= 11 is 0. The zero-order chi connectivity index (χ0) is 43.1. The molecular formula is C45H53N11O6. The predicted molar refractivity (Wildman–Crippen MR) is 234 cm³/mol. The Labute approximate surface area is 361 Å². The summed E-state index contributed by atoms with van der Waals surface area (Å²) in [5.41, 5.74) is 7.40. The molecule has 7 heterocycles. The van der Waals surface area contributed by atoms with E-state index in [9.17, 15) is 19.2 Å². The van der Waals surface area contributed by atoms with Crippen molar-refractivity contribution in [2.45, 2.75) is 65.1 Å². The number of nitrogens with one attached hydrogen (secondary N) is 2. The van der Waals surface area contributed by atoms with E-state index in [1.165, 1.54) is 0 Å². The number of pyridine rings is 1. The van der Waals surface area contributed by atoms with Crippen LogP contribution in [-0.4, -0.2) is 126 Å². The second kappa shape index (κ2) is 16.8. The summed E-state index contributed by atoms with van der Waals surface area (Å²) in [6.07, 6.45) is 4.63. The summed E-state index contributed by atoms with van der Waals surface area (Å²) in [5, 5.41) is 5.74. The Morgan fingerprint density at radius 3 is 2.44 bits per heavy atom. The number of carbonyl (C=O) groups excluding carboxylic acids is 4. The van der Waals surface area contributed by atoms with Crippen LogP contribution in [0, 0.1) is 6.92 Å². The fraction of sp³-hybridized carbons (Fsp3) is 0.444. The molecule has 2 aromatic heterocycles. The van der Waals surface area contributed by atoms with Crippen LogP contribution in [0.5, 0.6) is 5.88 Å². The SMILES string of the molecule is Cc1c(N2CCc3cnc(Nc4cccc(CC(=O)N5CCN(C6CN(c7ccc(N8CCC(=O)NC8=O)cc7)C6)CC5)c4)nc3C2)cnc2c1N(C(=O)OC(C)(C)C)CCO2. The maximum atomic E-state index is 13.5. The number of carbonyl (C=O) groups is 4. The Hall–Kier alpha value is -6.49. The van der Waals surface area contributed by atoms with Crippen molar-refractivity contribution in [2.75, 3.05) is 90.4 Å². The van der Waals surface area contributed by atoms with Gasteiger partial charge in [-0.05, 0) is 81.6 Å². The van der Waals surface area contributed by atoms with Crippen molar-refractivity contribution in [2.24, 2.45) is 0 Å². The van der Waals surface area contributed by atoms with E-state index < -0.39 is 11.7 Å². The van der Waals surface area contributed by atoms with Gasteiger partial charge in [0.1, 0.15) is 17.9 Å². The number of urea groups is 1. The first kappa shape index (κ1) is 40.9. The van der Waals surface area contributed by atoms with Gasteiger partial charge in [0, 0.05) is 93.6 Å².